The fourth-order valence-corrected chi connectivity index (χ4v) is 3.38. The second-order valence-electron chi connectivity index (χ2n) is 6.14. The minimum absolute atomic E-state index is 0.0140. The Morgan fingerprint density at radius 3 is 2.75 bits per heavy atom. The molecule has 0 saturated heterocycles. The van der Waals surface area contributed by atoms with Crippen LogP contribution in [0.15, 0.2) is 53.9 Å². The zero-order chi connectivity index (χ0) is 20.1. The number of aromatic nitrogens is 1. The second kappa shape index (κ2) is 8.88. The van der Waals surface area contributed by atoms with Crippen molar-refractivity contribution in [2.75, 3.05) is 5.32 Å². The molecule has 1 aromatic heterocycles. The molecule has 4 nitrogen and oxygen atoms in total. The molecule has 8 heteroatoms. The van der Waals surface area contributed by atoms with Crippen LogP contribution in [0.25, 0.3) is 11.3 Å². The van der Waals surface area contributed by atoms with Crippen LogP contribution < -0.4 is 10.1 Å². The number of alkyl halides is 2. The van der Waals surface area contributed by atoms with E-state index in [0.29, 0.717) is 22.8 Å². The highest BCUT2D eigenvalue weighted by Crippen LogP contribution is 2.33. The molecule has 0 radical (unpaired) electrons. The highest BCUT2D eigenvalue weighted by molar-refractivity contribution is 7.14. The molecule has 0 bridgehead atoms. The number of rotatable bonds is 7. The van der Waals surface area contributed by atoms with Crippen LogP contribution >= 0.6 is 11.3 Å². The molecule has 3 rings (SSSR count). The largest absolute Gasteiger partial charge is 0.434 e. The van der Waals surface area contributed by atoms with Gasteiger partial charge in [-0.25, -0.2) is 9.37 Å². The van der Waals surface area contributed by atoms with Crippen LogP contribution in [0.1, 0.15) is 12.5 Å². The van der Waals surface area contributed by atoms with Crippen molar-refractivity contribution in [3.63, 3.8) is 0 Å². The fraction of sp³-hybridized carbons (Fsp3) is 0.200. The standard InChI is InChI=1S/C20H17F3N2O2S/c1-12(9-13-5-4-6-14(21)10-13)18(26)25-20-24-16(11-28-20)15-7-2-3-8-17(15)27-19(22)23/h2-8,10-12,19H,9H2,1H3,(H,24,25,26). The Hall–Kier alpha value is -2.87. The first-order valence-electron chi connectivity index (χ1n) is 8.47. The van der Waals surface area contributed by atoms with Gasteiger partial charge in [0, 0.05) is 16.9 Å². The van der Waals surface area contributed by atoms with Gasteiger partial charge in [-0.15, -0.1) is 11.3 Å². The molecular weight excluding hydrogens is 389 g/mol. The zero-order valence-corrected chi connectivity index (χ0v) is 15.7. The molecule has 2 aromatic carbocycles. The summed E-state index contributed by atoms with van der Waals surface area (Å²) in [5.41, 5.74) is 1.56. The summed E-state index contributed by atoms with van der Waals surface area (Å²) < 4.78 is 42.9. The van der Waals surface area contributed by atoms with E-state index in [9.17, 15) is 18.0 Å². The molecule has 0 aliphatic rings. The maximum Gasteiger partial charge on any atom is 0.387 e. The number of para-hydroxylation sites is 1. The lowest BCUT2D eigenvalue weighted by Gasteiger charge is -2.11. The molecule has 28 heavy (non-hydrogen) atoms. The molecule has 1 N–H and O–H groups in total. The SMILES string of the molecule is CC(Cc1cccc(F)c1)C(=O)Nc1nc(-c2ccccc2OC(F)F)cs1. The van der Waals surface area contributed by atoms with Crippen molar-refractivity contribution >= 4 is 22.4 Å². The van der Waals surface area contributed by atoms with E-state index < -0.39 is 12.5 Å². The van der Waals surface area contributed by atoms with E-state index in [0.717, 1.165) is 5.56 Å². The first-order chi connectivity index (χ1) is 13.4. The van der Waals surface area contributed by atoms with Crippen molar-refractivity contribution in [3.8, 4) is 17.0 Å². The predicted molar refractivity (Wildman–Crippen MR) is 102 cm³/mol. The summed E-state index contributed by atoms with van der Waals surface area (Å²) in [7, 11) is 0. The number of nitrogens with zero attached hydrogens (tertiary/aromatic N) is 1. The number of nitrogens with one attached hydrogen (secondary N) is 1. The average Bonchev–Trinajstić information content (AvgIpc) is 3.10. The Kier molecular flexibility index (Phi) is 6.30. The fourth-order valence-electron chi connectivity index (χ4n) is 2.67. The summed E-state index contributed by atoms with van der Waals surface area (Å²) in [6.45, 7) is -1.21. The third-order valence-corrected chi connectivity index (χ3v) is 4.75. The zero-order valence-electron chi connectivity index (χ0n) is 14.9. The summed E-state index contributed by atoms with van der Waals surface area (Å²) in [6.07, 6.45) is 0.382. The van der Waals surface area contributed by atoms with Crippen molar-refractivity contribution in [2.45, 2.75) is 20.0 Å². The van der Waals surface area contributed by atoms with Gasteiger partial charge in [-0.2, -0.15) is 8.78 Å². The van der Waals surface area contributed by atoms with Crippen molar-refractivity contribution in [1.82, 2.24) is 4.98 Å². The Morgan fingerprint density at radius 2 is 2.00 bits per heavy atom. The smallest absolute Gasteiger partial charge is 0.387 e. The lowest BCUT2D eigenvalue weighted by Crippen LogP contribution is -2.22. The summed E-state index contributed by atoms with van der Waals surface area (Å²) in [5, 5.41) is 4.71. The number of thiazole rings is 1. The van der Waals surface area contributed by atoms with Crippen LogP contribution in [0.4, 0.5) is 18.3 Å². The minimum atomic E-state index is -2.94. The third kappa shape index (κ3) is 5.10. The van der Waals surface area contributed by atoms with E-state index in [1.807, 2.05) is 0 Å². The molecule has 0 aliphatic carbocycles. The number of anilines is 1. The van der Waals surface area contributed by atoms with Gasteiger partial charge in [-0.3, -0.25) is 4.79 Å². The number of benzene rings is 2. The van der Waals surface area contributed by atoms with Crippen molar-refractivity contribution in [3.05, 3.63) is 65.3 Å². The van der Waals surface area contributed by atoms with Crippen LogP contribution in [-0.2, 0) is 11.2 Å². The predicted octanol–water partition coefficient (Wildman–Crippen LogP) is 5.37. The van der Waals surface area contributed by atoms with E-state index in [1.165, 1.54) is 29.5 Å². The quantitative estimate of drug-likeness (QED) is 0.574. The highest BCUT2D eigenvalue weighted by atomic mass is 32.1. The third-order valence-electron chi connectivity index (χ3n) is 3.99. The monoisotopic (exact) mass is 406 g/mol. The first kappa shape index (κ1) is 19.9. The van der Waals surface area contributed by atoms with Crippen LogP contribution in [-0.4, -0.2) is 17.5 Å². The van der Waals surface area contributed by atoms with Crippen LogP contribution in [0.2, 0.25) is 0 Å². The van der Waals surface area contributed by atoms with Gasteiger partial charge in [0.1, 0.15) is 11.6 Å². The van der Waals surface area contributed by atoms with E-state index in [1.54, 1.807) is 42.6 Å². The molecule has 1 amide bonds. The van der Waals surface area contributed by atoms with Gasteiger partial charge in [-0.05, 0) is 36.2 Å². The first-order valence-corrected chi connectivity index (χ1v) is 9.35. The van der Waals surface area contributed by atoms with Gasteiger partial charge >= 0.3 is 6.61 Å². The van der Waals surface area contributed by atoms with Gasteiger partial charge < -0.3 is 10.1 Å². The van der Waals surface area contributed by atoms with Crippen LogP contribution in [0, 0.1) is 11.7 Å². The van der Waals surface area contributed by atoms with Crippen LogP contribution in [0.3, 0.4) is 0 Å². The van der Waals surface area contributed by atoms with Gasteiger partial charge in [0.25, 0.3) is 0 Å². The second-order valence-corrected chi connectivity index (χ2v) is 7.00. The maximum atomic E-state index is 13.3. The highest BCUT2D eigenvalue weighted by Gasteiger charge is 2.17. The molecule has 0 fully saturated rings. The molecule has 3 aromatic rings. The van der Waals surface area contributed by atoms with E-state index in [4.69, 9.17) is 0 Å². The number of halogens is 3. The summed E-state index contributed by atoms with van der Waals surface area (Å²) in [5.74, 6) is -0.995. The molecule has 0 saturated carbocycles. The van der Waals surface area contributed by atoms with Crippen molar-refractivity contribution in [1.29, 1.82) is 0 Å². The van der Waals surface area contributed by atoms with Gasteiger partial charge in [-0.1, -0.05) is 31.2 Å². The van der Waals surface area contributed by atoms with Gasteiger partial charge in [0.2, 0.25) is 5.91 Å². The molecule has 1 unspecified atom stereocenters. The molecule has 0 spiro atoms. The summed E-state index contributed by atoms with van der Waals surface area (Å²) >= 11 is 1.18. The average molecular weight is 406 g/mol. The number of hydrogen-bond acceptors (Lipinski definition) is 4. The maximum absolute atomic E-state index is 13.3. The number of carbonyl (C=O) groups excluding carboxylic acids is 1. The molecule has 1 atom stereocenters. The van der Waals surface area contributed by atoms with Gasteiger partial charge in [0.05, 0.1) is 5.69 Å². The van der Waals surface area contributed by atoms with E-state index in [2.05, 4.69) is 15.0 Å². The summed E-state index contributed by atoms with van der Waals surface area (Å²) in [6, 6.07) is 12.4. The Balaban J connectivity index is 1.68. The van der Waals surface area contributed by atoms with Crippen molar-refractivity contribution in [2.24, 2.45) is 5.92 Å². The number of ether oxygens (including phenoxy) is 1. The Morgan fingerprint density at radius 1 is 1.21 bits per heavy atom. The van der Waals surface area contributed by atoms with E-state index in [-0.39, 0.29) is 17.5 Å². The lowest BCUT2D eigenvalue weighted by atomic mass is 10.0. The van der Waals surface area contributed by atoms with Crippen molar-refractivity contribution < 1.29 is 22.7 Å². The molecule has 0 aliphatic heterocycles. The molecular formula is C20H17F3N2O2S. The number of carbonyl (C=O) groups is 1. The summed E-state index contributed by atoms with van der Waals surface area (Å²) in [4.78, 5) is 16.7. The van der Waals surface area contributed by atoms with Gasteiger partial charge in [0.15, 0.2) is 5.13 Å². The van der Waals surface area contributed by atoms with Crippen LogP contribution in [0.5, 0.6) is 5.75 Å². The normalized spacial score (nSPS) is 12.0. The Labute approximate surface area is 164 Å². The number of amides is 1. The minimum Gasteiger partial charge on any atom is -0.434 e. The molecule has 1 heterocycles. The lowest BCUT2D eigenvalue weighted by molar-refractivity contribution is -0.119. The number of hydrogen-bond donors (Lipinski definition) is 1. The Bertz CT molecular complexity index is 962. The topological polar surface area (TPSA) is 51.2 Å². The van der Waals surface area contributed by atoms with E-state index >= 15 is 0 Å². The molecule has 146 valence electrons.